The Morgan fingerprint density at radius 2 is 2.22 bits per heavy atom. The Morgan fingerprint density at radius 3 is 2.83 bits per heavy atom. The summed E-state index contributed by atoms with van der Waals surface area (Å²) >= 11 is 0. The highest BCUT2D eigenvalue weighted by Gasteiger charge is 2.33. The van der Waals surface area contributed by atoms with Gasteiger partial charge in [0.05, 0.1) is 11.4 Å². The van der Waals surface area contributed by atoms with Crippen molar-refractivity contribution >= 4 is 15.7 Å². The summed E-state index contributed by atoms with van der Waals surface area (Å²) in [5.41, 5.74) is 7.42. The van der Waals surface area contributed by atoms with E-state index in [1.165, 1.54) is 4.31 Å². The second kappa shape index (κ2) is 5.28. The molecule has 1 aliphatic heterocycles. The lowest BCUT2D eigenvalue weighted by Gasteiger charge is -2.18. The molecule has 0 radical (unpaired) electrons. The largest absolute Gasteiger partial charge is 0.330 e. The van der Waals surface area contributed by atoms with Gasteiger partial charge in [-0.15, -0.1) is 0 Å². The lowest BCUT2D eigenvalue weighted by atomic mass is 10.1. The molecule has 18 heavy (non-hydrogen) atoms. The number of anilines is 1. The number of nitrogens with two attached hydrogens (primary N) is 1. The number of hydrogen-bond donors (Lipinski definition) is 1. The Morgan fingerprint density at radius 1 is 1.44 bits per heavy atom. The van der Waals surface area contributed by atoms with Gasteiger partial charge in [0.1, 0.15) is 0 Å². The van der Waals surface area contributed by atoms with Gasteiger partial charge in [-0.05, 0) is 43.0 Å². The van der Waals surface area contributed by atoms with Crippen LogP contribution in [0.15, 0.2) is 24.3 Å². The maximum atomic E-state index is 12.0. The van der Waals surface area contributed by atoms with E-state index >= 15 is 0 Å². The molecule has 4 nitrogen and oxygen atoms in total. The monoisotopic (exact) mass is 268 g/mol. The minimum absolute atomic E-state index is 0.197. The molecule has 0 aliphatic carbocycles. The Balaban J connectivity index is 2.23. The van der Waals surface area contributed by atoms with Crippen molar-refractivity contribution in [3.05, 3.63) is 29.8 Å². The third kappa shape index (κ3) is 2.84. The summed E-state index contributed by atoms with van der Waals surface area (Å²) < 4.78 is 25.5. The molecule has 1 atom stereocenters. The Bertz CT molecular complexity index is 513. The fraction of sp³-hybridized carbons (Fsp3) is 0.538. The van der Waals surface area contributed by atoms with E-state index in [0.717, 1.165) is 24.1 Å². The highest BCUT2D eigenvalue weighted by Crippen LogP contribution is 2.27. The van der Waals surface area contributed by atoms with E-state index in [0.29, 0.717) is 13.1 Å². The molecule has 1 aromatic carbocycles. The van der Waals surface area contributed by atoms with Gasteiger partial charge in [-0.3, -0.25) is 4.31 Å². The topological polar surface area (TPSA) is 63.4 Å². The number of rotatable bonds is 4. The van der Waals surface area contributed by atoms with Crippen LogP contribution in [0.5, 0.6) is 0 Å². The van der Waals surface area contributed by atoms with Crippen molar-refractivity contribution in [3.63, 3.8) is 0 Å². The molecule has 2 rings (SSSR count). The molecule has 100 valence electrons. The summed E-state index contributed by atoms with van der Waals surface area (Å²) in [5.74, 6) is 0.447. The predicted octanol–water partition coefficient (Wildman–Crippen LogP) is 1.36. The van der Waals surface area contributed by atoms with E-state index < -0.39 is 10.0 Å². The molecule has 0 aromatic heterocycles. The molecular formula is C13H20N2O2S. The second-order valence-electron chi connectivity index (χ2n) is 4.98. The highest BCUT2D eigenvalue weighted by molar-refractivity contribution is 7.93. The van der Waals surface area contributed by atoms with Gasteiger partial charge in [-0.1, -0.05) is 19.1 Å². The van der Waals surface area contributed by atoms with Crippen LogP contribution in [0.3, 0.4) is 0 Å². The van der Waals surface area contributed by atoms with Crippen LogP contribution in [-0.4, -0.2) is 27.3 Å². The minimum Gasteiger partial charge on any atom is -0.330 e. The van der Waals surface area contributed by atoms with Crippen molar-refractivity contribution < 1.29 is 8.42 Å². The number of hydrogen-bond acceptors (Lipinski definition) is 3. The third-order valence-corrected chi connectivity index (χ3v) is 5.20. The summed E-state index contributed by atoms with van der Waals surface area (Å²) in [5, 5.41) is 0. The number of aryl methyl sites for hydroxylation is 1. The number of sulfonamides is 1. The average molecular weight is 268 g/mol. The van der Waals surface area contributed by atoms with Crippen LogP contribution in [0, 0.1) is 5.92 Å². The van der Waals surface area contributed by atoms with Crippen molar-refractivity contribution in [2.75, 3.05) is 23.1 Å². The SMILES string of the molecule is CC1CN(c2cccc(CCCN)c2)S(=O)(=O)C1. The van der Waals surface area contributed by atoms with Gasteiger partial charge in [-0.25, -0.2) is 8.42 Å². The van der Waals surface area contributed by atoms with E-state index in [9.17, 15) is 8.42 Å². The maximum Gasteiger partial charge on any atom is 0.235 e. The zero-order valence-corrected chi connectivity index (χ0v) is 11.5. The summed E-state index contributed by atoms with van der Waals surface area (Å²) in [4.78, 5) is 0. The lowest BCUT2D eigenvalue weighted by Crippen LogP contribution is -2.25. The van der Waals surface area contributed by atoms with Crippen molar-refractivity contribution in [2.45, 2.75) is 19.8 Å². The first-order chi connectivity index (χ1) is 8.53. The van der Waals surface area contributed by atoms with E-state index in [4.69, 9.17) is 5.73 Å². The fourth-order valence-electron chi connectivity index (χ4n) is 2.34. The van der Waals surface area contributed by atoms with Crippen LogP contribution in [0.1, 0.15) is 18.9 Å². The van der Waals surface area contributed by atoms with Gasteiger partial charge in [0.2, 0.25) is 10.0 Å². The van der Waals surface area contributed by atoms with Crippen molar-refractivity contribution in [1.29, 1.82) is 0 Å². The smallest absolute Gasteiger partial charge is 0.235 e. The van der Waals surface area contributed by atoms with Crippen LogP contribution >= 0.6 is 0 Å². The molecule has 1 heterocycles. The molecule has 1 unspecified atom stereocenters. The van der Waals surface area contributed by atoms with Crippen LogP contribution in [0.25, 0.3) is 0 Å². The van der Waals surface area contributed by atoms with Crippen LogP contribution < -0.4 is 10.0 Å². The first-order valence-electron chi connectivity index (χ1n) is 6.32. The van der Waals surface area contributed by atoms with Gasteiger partial charge in [-0.2, -0.15) is 0 Å². The standard InChI is InChI=1S/C13H20N2O2S/c1-11-9-15(18(16,17)10-11)13-6-2-4-12(8-13)5-3-7-14/h2,4,6,8,11H,3,5,7,9-10,14H2,1H3. The minimum atomic E-state index is -3.12. The first-order valence-corrected chi connectivity index (χ1v) is 7.93. The van der Waals surface area contributed by atoms with E-state index in [1.54, 1.807) is 0 Å². The third-order valence-electron chi connectivity index (χ3n) is 3.18. The Labute approximate surface area is 109 Å². The summed E-state index contributed by atoms with van der Waals surface area (Å²) in [7, 11) is -3.12. The molecule has 0 amide bonds. The molecular weight excluding hydrogens is 248 g/mol. The first kappa shape index (κ1) is 13.4. The number of nitrogens with zero attached hydrogens (tertiary/aromatic N) is 1. The van der Waals surface area contributed by atoms with Crippen LogP contribution in [0.4, 0.5) is 5.69 Å². The van der Waals surface area contributed by atoms with Crippen LogP contribution in [0.2, 0.25) is 0 Å². The summed E-state index contributed by atoms with van der Waals surface area (Å²) in [6.45, 7) is 3.21. The van der Waals surface area contributed by atoms with Gasteiger partial charge < -0.3 is 5.73 Å². The molecule has 5 heteroatoms. The van der Waals surface area contributed by atoms with Crippen LogP contribution in [-0.2, 0) is 16.4 Å². The molecule has 1 saturated heterocycles. The average Bonchev–Trinajstić information content (AvgIpc) is 2.60. The zero-order chi connectivity index (χ0) is 13.2. The molecule has 0 spiro atoms. The molecule has 2 N–H and O–H groups in total. The van der Waals surface area contributed by atoms with E-state index in [1.807, 2.05) is 31.2 Å². The molecule has 1 fully saturated rings. The summed E-state index contributed by atoms with van der Waals surface area (Å²) in [6, 6.07) is 7.76. The van der Waals surface area contributed by atoms with Crippen molar-refractivity contribution in [3.8, 4) is 0 Å². The molecule has 1 aliphatic rings. The Hall–Kier alpha value is -1.07. The maximum absolute atomic E-state index is 12.0. The van der Waals surface area contributed by atoms with Crippen molar-refractivity contribution in [1.82, 2.24) is 0 Å². The zero-order valence-electron chi connectivity index (χ0n) is 10.7. The van der Waals surface area contributed by atoms with Gasteiger partial charge in [0, 0.05) is 6.54 Å². The van der Waals surface area contributed by atoms with E-state index in [-0.39, 0.29) is 11.7 Å². The van der Waals surface area contributed by atoms with Gasteiger partial charge in [0.25, 0.3) is 0 Å². The molecule has 1 aromatic rings. The van der Waals surface area contributed by atoms with Gasteiger partial charge in [0.15, 0.2) is 0 Å². The molecule has 0 saturated carbocycles. The number of benzene rings is 1. The van der Waals surface area contributed by atoms with Gasteiger partial charge >= 0.3 is 0 Å². The molecule has 0 bridgehead atoms. The second-order valence-corrected chi connectivity index (χ2v) is 6.91. The van der Waals surface area contributed by atoms with Crippen molar-refractivity contribution in [2.24, 2.45) is 11.7 Å². The normalized spacial score (nSPS) is 22.3. The Kier molecular flexibility index (Phi) is 3.92. The quantitative estimate of drug-likeness (QED) is 0.897. The van der Waals surface area contributed by atoms with E-state index in [2.05, 4.69) is 0 Å². The predicted molar refractivity (Wildman–Crippen MR) is 74.1 cm³/mol. The lowest BCUT2D eigenvalue weighted by molar-refractivity contribution is 0.598. The highest BCUT2D eigenvalue weighted by atomic mass is 32.2. The summed E-state index contributed by atoms with van der Waals surface area (Å²) in [6.07, 6.45) is 1.82. The fourth-order valence-corrected chi connectivity index (χ4v) is 4.26.